The van der Waals surface area contributed by atoms with Crippen molar-refractivity contribution in [2.45, 2.75) is 65.1 Å². The summed E-state index contributed by atoms with van der Waals surface area (Å²) in [6.07, 6.45) is 3.37. The van der Waals surface area contributed by atoms with Crippen molar-refractivity contribution >= 4 is 5.91 Å². The van der Waals surface area contributed by atoms with Gasteiger partial charge in [-0.05, 0) is 25.9 Å². The number of rotatable bonds is 3. The minimum Gasteiger partial charge on any atom is -0.332 e. The Bertz CT molecular complexity index is 539. The van der Waals surface area contributed by atoms with Crippen molar-refractivity contribution < 1.29 is 4.79 Å². The molecule has 3 rings (SSSR count). The van der Waals surface area contributed by atoms with Crippen LogP contribution in [-0.4, -0.2) is 56.1 Å². The highest BCUT2D eigenvalue weighted by Crippen LogP contribution is 2.22. The second-order valence-electron chi connectivity index (χ2n) is 6.68. The number of nitrogens with zero attached hydrogens (tertiary/aromatic N) is 5. The van der Waals surface area contributed by atoms with E-state index in [1.54, 1.807) is 0 Å². The van der Waals surface area contributed by atoms with Crippen LogP contribution < -0.4 is 0 Å². The van der Waals surface area contributed by atoms with E-state index in [1.807, 2.05) is 4.90 Å². The molecule has 6 nitrogen and oxygen atoms in total. The smallest absolute Gasteiger partial charge is 0.240 e. The van der Waals surface area contributed by atoms with Gasteiger partial charge in [0.25, 0.3) is 0 Å². The predicted octanol–water partition coefficient (Wildman–Crippen LogP) is 1.62. The molecule has 0 radical (unpaired) electrons. The van der Waals surface area contributed by atoms with Crippen molar-refractivity contribution in [1.29, 1.82) is 0 Å². The van der Waals surface area contributed by atoms with E-state index in [-0.39, 0.29) is 11.9 Å². The molecular weight excluding hydrogens is 278 g/mol. The van der Waals surface area contributed by atoms with Crippen molar-refractivity contribution in [3.8, 4) is 0 Å². The Morgan fingerprint density at radius 1 is 1.23 bits per heavy atom. The summed E-state index contributed by atoms with van der Waals surface area (Å²) in [5.74, 6) is 2.62. The molecule has 2 aliphatic rings. The highest BCUT2D eigenvalue weighted by molar-refractivity contribution is 5.82. The van der Waals surface area contributed by atoms with Crippen LogP contribution in [0.25, 0.3) is 0 Å². The second-order valence-corrected chi connectivity index (χ2v) is 6.68. The van der Waals surface area contributed by atoms with Gasteiger partial charge in [0.2, 0.25) is 5.91 Å². The molecule has 0 saturated carbocycles. The molecule has 1 saturated heterocycles. The van der Waals surface area contributed by atoms with E-state index in [9.17, 15) is 4.79 Å². The number of carbonyl (C=O) groups excluding carboxylic acids is 1. The normalized spacial score (nSPS) is 22.9. The topological polar surface area (TPSA) is 54.3 Å². The van der Waals surface area contributed by atoms with E-state index < -0.39 is 0 Å². The van der Waals surface area contributed by atoms with Crippen LogP contribution in [0.3, 0.4) is 0 Å². The fourth-order valence-electron chi connectivity index (χ4n) is 3.66. The van der Waals surface area contributed by atoms with Gasteiger partial charge in [0, 0.05) is 19.0 Å². The van der Waals surface area contributed by atoms with Crippen molar-refractivity contribution in [2.24, 2.45) is 0 Å². The molecule has 1 aromatic rings. The zero-order chi connectivity index (χ0) is 15.7. The van der Waals surface area contributed by atoms with Crippen LogP contribution in [-0.2, 0) is 17.9 Å². The predicted molar refractivity (Wildman–Crippen MR) is 84.4 cm³/mol. The van der Waals surface area contributed by atoms with E-state index in [2.05, 4.69) is 40.4 Å². The Morgan fingerprint density at radius 3 is 2.77 bits per heavy atom. The lowest BCUT2D eigenvalue weighted by Gasteiger charge is -2.38. The molecule has 1 unspecified atom stereocenters. The lowest BCUT2D eigenvalue weighted by molar-refractivity contribution is -0.139. The highest BCUT2D eigenvalue weighted by Gasteiger charge is 2.33. The fraction of sp³-hybridized carbons (Fsp3) is 0.812. The van der Waals surface area contributed by atoms with Gasteiger partial charge in [-0.15, -0.1) is 10.2 Å². The fourth-order valence-corrected chi connectivity index (χ4v) is 3.66. The summed E-state index contributed by atoms with van der Waals surface area (Å²) < 4.78 is 2.19. The molecule has 122 valence electrons. The Kier molecular flexibility index (Phi) is 4.47. The monoisotopic (exact) mass is 305 g/mol. The van der Waals surface area contributed by atoms with Crippen molar-refractivity contribution in [2.75, 3.05) is 19.6 Å². The summed E-state index contributed by atoms with van der Waals surface area (Å²) in [6, 6.07) is 0.0674. The molecule has 0 aliphatic carbocycles. The summed E-state index contributed by atoms with van der Waals surface area (Å²) >= 11 is 0. The number of piperidine rings is 1. The largest absolute Gasteiger partial charge is 0.332 e. The number of carbonyl (C=O) groups is 1. The van der Waals surface area contributed by atoms with Crippen LogP contribution >= 0.6 is 0 Å². The minimum atomic E-state index is 0.0674. The third-order valence-electron chi connectivity index (χ3n) is 4.91. The minimum absolute atomic E-state index is 0.0674. The highest BCUT2D eigenvalue weighted by atomic mass is 16.2. The standard InChI is InChI=1S/C16H27N5O/c1-4-19-8-6-5-7-13(19)16(22)20-9-10-21-14(11-20)17-18-15(21)12(2)3/h12-13H,4-11H2,1-3H3. The van der Waals surface area contributed by atoms with Gasteiger partial charge in [0.1, 0.15) is 5.82 Å². The zero-order valence-corrected chi connectivity index (χ0v) is 14.0. The molecule has 0 aromatic carbocycles. The molecule has 1 amide bonds. The van der Waals surface area contributed by atoms with Crippen LogP contribution in [0.2, 0.25) is 0 Å². The number of amides is 1. The number of hydrogen-bond acceptors (Lipinski definition) is 4. The van der Waals surface area contributed by atoms with Gasteiger partial charge in [0.15, 0.2) is 5.82 Å². The van der Waals surface area contributed by atoms with Gasteiger partial charge in [-0.3, -0.25) is 9.69 Å². The van der Waals surface area contributed by atoms with Crippen LogP contribution in [0.5, 0.6) is 0 Å². The van der Waals surface area contributed by atoms with Crippen molar-refractivity contribution in [1.82, 2.24) is 24.6 Å². The average Bonchev–Trinajstić information content (AvgIpc) is 2.97. The maximum Gasteiger partial charge on any atom is 0.240 e. The molecule has 1 atom stereocenters. The SMILES string of the molecule is CCN1CCCCC1C(=O)N1CCn2c(nnc2C(C)C)C1. The maximum absolute atomic E-state index is 12.9. The molecule has 3 heterocycles. The molecule has 0 N–H and O–H groups in total. The van der Waals surface area contributed by atoms with Gasteiger partial charge in [-0.1, -0.05) is 27.2 Å². The van der Waals surface area contributed by atoms with E-state index in [1.165, 1.54) is 6.42 Å². The lowest BCUT2D eigenvalue weighted by atomic mass is 10.0. The summed E-state index contributed by atoms with van der Waals surface area (Å²) in [4.78, 5) is 17.2. The quantitative estimate of drug-likeness (QED) is 0.851. The molecule has 1 aromatic heterocycles. The van der Waals surface area contributed by atoms with Gasteiger partial charge in [-0.25, -0.2) is 0 Å². The van der Waals surface area contributed by atoms with Crippen molar-refractivity contribution in [3.05, 3.63) is 11.6 Å². The first kappa shape index (κ1) is 15.5. The molecule has 2 aliphatic heterocycles. The van der Waals surface area contributed by atoms with Gasteiger partial charge >= 0.3 is 0 Å². The number of fused-ring (bicyclic) bond motifs is 1. The zero-order valence-electron chi connectivity index (χ0n) is 14.0. The van der Waals surface area contributed by atoms with Crippen LogP contribution in [0, 0.1) is 0 Å². The molecule has 0 spiro atoms. The summed E-state index contributed by atoms with van der Waals surface area (Å²) in [6.45, 7) is 10.6. The molecule has 22 heavy (non-hydrogen) atoms. The molecule has 1 fully saturated rings. The van der Waals surface area contributed by atoms with Crippen molar-refractivity contribution in [3.63, 3.8) is 0 Å². The van der Waals surface area contributed by atoms with E-state index in [0.717, 1.165) is 50.7 Å². The molecule has 0 bridgehead atoms. The summed E-state index contributed by atoms with van der Waals surface area (Å²) in [7, 11) is 0. The second kappa shape index (κ2) is 6.36. The van der Waals surface area contributed by atoms with Gasteiger partial charge in [0.05, 0.1) is 12.6 Å². The first-order valence-electron chi connectivity index (χ1n) is 8.56. The molecule has 6 heteroatoms. The van der Waals surface area contributed by atoms with Crippen LogP contribution in [0.4, 0.5) is 0 Å². The summed E-state index contributed by atoms with van der Waals surface area (Å²) in [5, 5.41) is 8.60. The lowest BCUT2D eigenvalue weighted by Crippen LogP contribution is -2.52. The third-order valence-corrected chi connectivity index (χ3v) is 4.91. The Morgan fingerprint density at radius 2 is 2.05 bits per heavy atom. The first-order valence-corrected chi connectivity index (χ1v) is 8.56. The van der Waals surface area contributed by atoms with E-state index in [0.29, 0.717) is 12.5 Å². The van der Waals surface area contributed by atoms with Crippen LogP contribution in [0.15, 0.2) is 0 Å². The van der Waals surface area contributed by atoms with Gasteiger partial charge < -0.3 is 9.47 Å². The third kappa shape index (κ3) is 2.76. The Balaban J connectivity index is 1.72. The summed E-state index contributed by atoms with van der Waals surface area (Å²) in [5.41, 5.74) is 0. The first-order chi connectivity index (χ1) is 10.6. The van der Waals surface area contributed by atoms with E-state index >= 15 is 0 Å². The number of likely N-dealkylation sites (N-methyl/N-ethyl adjacent to an activating group) is 1. The maximum atomic E-state index is 12.9. The van der Waals surface area contributed by atoms with Gasteiger partial charge in [-0.2, -0.15) is 0 Å². The molecular formula is C16H27N5O. The number of hydrogen-bond donors (Lipinski definition) is 0. The average molecular weight is 305 g/mol. The Labute approximate surface area is 132 Å². The number of likely N-dealkylation sites (tertiary alicyclic amines) is 1. The van der Waals surface area contributed by atoms with E-state index in [4.69, 9.17) is 0 Å². The van der Waals surface area contributed by atoms with Crippen LogP contribution in [0.1, 0.15) is 57.6 Å². The Hall–Kier alpha value is -1.43. The number of aromatic nitrogens is 3.